The number of nitrogens with zero attached hydrogens (tertiary/aromatic N) is 1. The standard InChI is InChI=1S/C15H18N2O6S/c1-10-9-24(22,23)17(15(10)21)12-6-4-11(5-7-12)14(20)16-8-2-3-13(18)19/h4-7,10H,2-3,8-9H2,1H3,(H,16,20)(H,18,19)/t10-/m1/s1. The maximum Gasteiger partial charge on any atom is 0.303 e. The number of anilines is 1. The highest BCUT2D eigenvalue weighted by molar-refractivity contribution is 7.94. The summed E-state index contributed by atoms with van der Waals surface area (Å²) in [6, 6.07) is 5.65. The number of carboxylic acid groups (broad SMARTS) is 1. The molecule has 0 saturated carbocycles. The van der Waals surface area contributed by atoms with E-state index in [-0.39, 0.29) is 24.4 Å². The molecule has 1 saturated heterocycles. The van der Waals surface area contributed by atoms with Gasteiger partial charge in [-0.2, -0.15) is 0 Å². The second-order valence-corrected chi connectivity index (χ2v) is 7.44. The zero-order chi connectivity index (χ0) is 17.9. The molecule has 1 aromatic carbocycles. The van der Waals surface area contributed by atoms with Crippen molar-refractivity contribution in [1.29, 1.82) is 0 Å². The van der Waals surface area contributed by atoms with Crippen molar-refractivity contribution in [2.24, 2.45) is 5.92 Å². The fraction of sp³-hybridized carbons (Fsp3) is 0.400. The summed E-state index contributed by atoms with van der Waals surface area (Å²) in [6.07, 6.45) is 0.282. The highest BCUT2D eigenvalue weighted by Gasteiger charge is 2.41. The van der Waals surface area contributed by atoms with Crippen molar-refractivity contribution < 1.29 is 27.9 Å². The molecule has 24 heavy (non-hydrogen) atoms. The van der Waals surface area contributed by atoms with Crippen LogP contribution in [-0.2, 0) is 19.6 Å². The van der Waals surface area contributed by atoms with Gasteiger partial charge in [-0.1, -0.05) is 6.92 Å². The Kier molecular flexibility index (Phi) is 5.23. The average Bonchev–Trinajstić information content (AvgIpc) is 2.71. The largest absolute Gasteiger partial charge is 0.481 e. The van der Waals surface area contributed by atoms with Crippen molar-refractivity contribution in [3.05, 3.63) is 29.8 Å². The van der Waals surface area contributed by atoms with E-state index in [2.05, 4.69) is 5.32 Å². The summed E-state index contributed by atoms with van der Waals surface area (Å²) >= 11 is 0. The lowest BCUT2D eigenvalue weighted by molar-refractivity contribution is -0.137. The molecule has 1 aliphatic heterocycles. The van der Waals surface area contributed by atoms with Crippen LogP contribution in [0.25, 0.3) is 0 Å². The van der Waals surface area contributed by atoms with Crippen LogP contribution in [0.2, 0.25) is 0 Å². The number of nitrogens with one attached hydrogen (secondary N) is 1. The second-order valence-electron chi connectivity index (χ2n) is 5.58. The number of carboxylic acids is 1. The fourth-order valence-corrected chi connectivity index (χ4v) is 4.20. The lowest BCUT2D eigenvalue weighted by Gasteiger charge is -2.15. The molecule has 1 aliphatic rings. The molecule has 0 radical (unpaired) electrons. The van der Waals surface area contributed by atoms with E-state index in [1.165, 1.54) is 24.3 Å². The Labute approximate surface area is 139 Å². The van der Waals surface area contributed by atoms with Gasteiger partial charge in [-0.15, -0.1) is 0 Å². The zero-order valence-electron chi connectivity index (χ0n) is 13.1. The molecular formula is C15H18N2O6S. The molecule has 130 valence electrons. The van der Waals surface area contributed by atoms with Gasteiger partial charge < -0.3 is 10.4 Å². The monoisotopic (exact) mass is 354 g/mol. The topological polar surface area (TPSA) is 121 Å². The van der Waals surface area contributed by atoms with E-state index < -0.39 is 33.7 Å². The van der Waals surface area contributed by atoms with Gasteiger partial charge >= 0.3 is 5.97 Å². The smallest absolute Gasteiger partial charge is 0.303 e. The van der Waals surface area contributed by atoms with Crippen LogP contribution in [0.4, 0.5) is 5.69 Å². The first-order valence-corrected chi connectivity index (χ1v) is 9.00. The minimum atomic E-state index is -3.67. The van der Waals surface area contributed by atoms with Gasteiger partial charge in [0.25, 0.3) is 5.91 Å². The van der Waals surface area contributed by atoms with Gasteiger partial charge in [-0.25, -0.2) is 12.7 Å². The number of aliphatic carboxylic acids is 1. The third-order valence-electron chi connectivity index (χ3n) is 3.58. The number of carbonyl (C=O) groups excluding carboxylic acids is 2. The SMILES string of the molecule is C[C@@H]1CS(=O)(=O)N(c2ccc(C(=O)NCCCC(=O)O)cc2)C1=O. The van der Waals surface area contributed by atoms with Gasteiger partial charge in [0.05, 0.1) is 17.4 Å². The maximum absolute atomic E-state index is 12.0. The highest BCUT2D eigenvalue weighted by atomic mass is 32.2. The van der Waals surface area contributed by atoms with Crippen molar-refractivity contribution in [2.45, 2.75) is 19.8 Å². The molecule has 9 heteroatoms. The summed E-state index contributed by atoms with van der Waals surface area (Å²) < 4.78 is 24.8. The molecule has 1 atom stereocenters. The molecule has 8 nitrogen and oxygen atoms in total. The molecule has 2 rings (SSSR count). The van der Waals surface area contributed by atoms with E-state index in [0.717, 1.165) is 4.31 Å². The predicted octanol–water partition coefficient (Wildman–Crippen LogP) is 0.594. The first-order valence-electron chi connectivity index (χ1n) is 7.39. The van der Waals surface area contributed by atoms with Gasteiger partial charge in [0.1, 0.15) is 0 Å². The number of benzene rings is 1. The van der Waals surface area contributed by atoms with Gasteiger partial charge in [-0.3, -0.25) is 14.4 Å². The molecule has 0 aromatic heterocycles. The first-order chi connectivity index (χ1) is 11.2. The van der Waals surface area contributed by atoms with E-state index >= 15 is 0 Å². The van der Waals surface area contributed by atoms with Crippen LogP contribution in [0, 0.1) is 5.92 Å². The molecule has 2 N–H and O–H groups in total. The van der Waals surface area contributed by atoms with E-state index in [9.17, 15) is 22.8 Å². The van der Waals surface area contributed by atoms with Crippen molar-refractivity contribution in [2.75, 3.05) is 16.6 Å². The Morgan fingerprint density at radius 3 is 2.42 bits per heavy atom. The summed E-state index contributed by atoms with van der Waals surface area (Å²) in [5.74, 6) is -2.62. The first kappa shape index (κ1) is 17.9. The lowest BCUT2D eigenvalue weighted by atomic mass is 10.1. The lowest BCUT2D eigenvalue weighted by Crippen LogP contribution is -2.30. The normalized spacial score (nSPS) is 19.3. The van der Waals surface area contributed by atoms with Crippen LogP contribution >= 0.6 is 0 Å². The molecule has 0 aliphatic carbocycles. The Hall–Kier alpha value is -2.42. The maximum atomic E-state index is 12.0. The van der Waals surface area contributed by atoms with Crippen LogP contribution in [0.5, 0.6) is 0 Å². The molecular weight excluding hydrogens is 336 g/mol. The Balaban J connectivity index is 2.04. The summed E-state index contributed by atoms with van der Waals surface area (Å²) in [5, 5.41) is 11.1. The van der Waals surface area contributed by atoms with E-state index in [0.29, 0.717) is 12.0 Å². The van der Waals surface area contributed by atoms with Crippen LogP contribution in [-0.4, -0.2) is 43.6 Å². The predicted molar refractivity (Wildman–Crippen MR) is 86.1 cm³/mol. The molecule has 0 bridgehead atoms. The Morgan fingerprint density at radius 1 is 1.29 bits per heavy atom. The van der Waals surface area contributed by atoms with Crippen molar-refractivity contribution in [3.8, 4) is 0 Å². The van der Waals surface area contributed by atoms with Crippen LogP contribution in [0.15, 0.2) is 24.3 Å². The Morgan fingerprint density at radius 2 is 1.92 bits per heavy atom. The average molecular weight is 354 g/mol. The summed E-state index contributed by atoms with van der Waals surface area (Å²) in [6.45, 7) is 1.78. The molecule has 0 spiro atoms. The third-order valence-corrected chi connectivity index (χ3v) is 5.45. The quantitative estimate of drug-likeness (QED) is 0.722. The minimum absolute atomic E-state index is 0.0354. The van der Waals surface area contributed by atoms with Crippen molar-refractivity contribution in [1.82, 2.24) is 5.32 Å². The molecule has 1 aromatic rings. The number of carbonyl (C=O) groups is 3. The second kappa shape index (κ2) is 7.00. The van der Waals surface area contributed by atoms with Crippen LogP contribution in [0.1, 0.15) is 30.1 Å². The third kappa shape index (κ3) is 3.91. The fourth-order valence-electron chi connectivity index (χ4n) is 2.38. The Bertz CT molecular complexity index is 757. The molecule has 1 heterocycles. The molecule has 0 unspecified atom stereocenters. The summed E-state index contributed by atoms with van der Waals surface area (Å²) in [5.41, 5.74) is 0.498. The van der Waals surface area contributed by atoms with E-state index in [1.54, 1.807) is 6.92 Å². The van der Waals surface area contributed by atoms with Gasteiger partial charge in [0.2, 0.25) is 15.9 Å². The number of sulfonamides is 1. The number of hydrogen-bond acceptors (Lipinski definition) is 5. The van der Waals surface area contributed by atoms with Crippen molar-refractivity contribution >= 4 is 33.5 Å². The summed E-state index contributed by atoms with van der Waals surface area (Å²) in [7, 11) is -3.67. The molecule has 2 amide bonds. The molecule has 1 fully saturated rings. The van der Waals surface area contributed by atoms with Gasteiger partial charge in [-0.05, 0) is 30.7 Å². The van der Waals surface area contributed by atoms with E-state index in [1.807, 2.05) is 0 Å². The zero-order valence-corrected chi connectivity index (χ0v) is 13.9. The number of rotatable bonds is 6. The number of amides is 2. The van der Waals surface area contributed by atoms with Gasteiger partial charge in [0.15, 0.2) is 0 Å². The minimum Gasteiger partial charge on any atom is -0.481 e. The van der Waals surface area contributed by atoms with Crippen LogP contribution in [0.3, 0.4) is 0 Å². The van der Waals surface area contributed by atoms with Crippen LogP contribution < -0.4 is 9.62 Å². The highest BCUT2D eigenvalue weighted by Crippen LogP contribution is 2.28. The van der Waals surface area contributed by atoms with E-state index in [4.69, 9.17) is 5.11 Å². The number of hydrogen-bond donors (Lipinski definition) is 2. The van der Waals surface area contributed by atoms with Crippen molar-refractivity contribution in [3.63, 3.8) is 0 Å². The van der Waals surface area contributed by atoms with Gasteiger partial charge in [0, 0.05) is 18.5 Å². The summed E-state index contributed by atoms with van der Waals surface area (Å²) in [4.78, 5) is 34.3.